The van der Waals surface area contributed by atoms with Crippen LogP contribution in [0.3, 0.4) is 0 Å². The second-order valence-corrected chi connectivity index (χ2v) is 17.7. The van der Waals surface area contributed by atoms with Crippen LogP contribution in [0.4, 0.5) is 0 Å². The largest absolute Gasteiger partial charge is 0.462 e. The van der Waals surface area contributed by atoms with Crippen molar-refractivity contribution in [2.24, 2.45) is 52.3 Å². The fourth-order valence-electron chi connectivity index (χ4n) is 10.7. The molecule has 0 aromatic heterocycles. The molecule has 0 heterocycles. The summed E-state index contributed by atoms with van der Waals surface area (Å²) >= 11 is 0. The van der Waals surface area contributed by atoms with Crippen LogP contribution in [0.15, 0.2) is 72.4 Å². The molecule has 4 aliphatic carbocycles. The minimum Gasteiger partial charge on any atom is -0.462 e. The number of hydrogen-bond acceptors (Lipinski definition) is 2. The second-order valence-electron chi connectivity index (χ2n) is 17.7. The highest BCUT2D eigenvalue weighted by atomic mass is 16.5. The molecule has 3 fully saturated rings. The number of allylic oxidation sites excluding steroid dienone is 11. The quantitative estimate of drug-likeness (QED) is 0.0769. The van der Waals surface area contributed by atoms with E-state index in [2.05, 4.69) is 115 Å². The summed E-state index contributed by atoms with van der Waals surface area (Å²) in [5, 5.41) is 0. The lowest BCUT2D eigenvalue weighted by atomic mass is 9.47. The highest BCUT2D eigenvalue weighted by molar-refractivity contribution is 5.69. The van der Waals surface area contributed by atoms with Gasteiger partial charge in [0.15, 0.2) is 0 Å². The fourth-order valence-corrected chi connectivity index (χ4v) is 10.7. The molecular formula is C48H76O2. The highest BCUT2D eigenvalue weighted by Gasteiger charge is 2.59. The van der Waals surface area contributed by atoms with Crippen molar-refractivity contribution >= 4 is 5.97 Å². The van der Waals surface area contributed by atoms with Crippen LogP contribution in [-0.2, 0) is 9.53 Å². The minimum absolute atomic E-state index is 0.00239. The molecule has 280 valence electrons. The van der Waals surface area contributed by atoms with E-state index in [-0.39, 0.29) is 12.1 Å². The van der Waals surface area contributed by atoms with E-state index >= 15 is 0 Å². The summed E-state index contributed by atoms with van der Waals surface area (Å²) < 4.78 is 6.10. The van der Waals surface area contributed by atoms with E-state index in [1.54, 1.807) is 5.57 Å². The van der Waals surface area contributed by atoms with Crippen LogP contribution in [0.5, 0.6) is 0 Å². The van der Waals surface area contributed by atoms with E-state index in [1.165, 1.54) is 51.4 Å². The van der Waals surface area contributed by atoms with Crippen LogP contribution in [0, 0.1) is 52.3 Å². The Morgan fingerprint density at radius 3 is 2.08 bits per heavy atom. The van der Waals surface area contributed by atoms with E-state index in [1.807, 2.05) is 0 Å². The van der Waals surface area contributed by atoms with Gasteiger partial charge in [0.25, 0.3) is 0 Å². The van der Waals surface area contributed by atoms with Crippen molar-refractivity contribution in [3.05, 3.63) is 72.4 Å². The van der Waals surface area contributed by atoms with Crippen molar-refractivity contribution in [3.8, 4) is 0 Å². The molecule has 0 aromatic carbocycles. The van der Waals surface area contributed by atoms with E-state index in [0.717, 1.165) is 99.2 Å². The van der Waals surface area contributed by atoms with Gasteiger partial charge in [-0.05, 0) is 142 Å². The number of carbonyl (C=O) groups is 1. The number of unbranched alkanes of at least 4 members (excludes halogenated alkanes) is 1. The van der Waals surface area contributed by atoms with Crippen LogP contribution >= 0.6 is 0 Å². The van der Waals surface area contributed by atoms with Crippen molar-refractivity contribution in [2.75, 3.05) is 0 Å². The topological polar surface area (TPSA) is 26.3 Å². The Hall–Kier alpha value is -2.09. The van der Waals surface area contributed by atoms with Gasteiger partial charge < -0.3 is 4.74 Å². The predicted molar refractivity (Wildman–Crippen MR) is 216 cm³/mol. The number of fused-ring (bicyclic) bond motifs is 5. The summed E-state index contributed by atoms with van der Waals surface area (Å²) in [5.74, 6) is 5.95. The molecule has 0 bridgehead atoms. The van der Waals surface area contributed by atoms with Gasteiger partial charge in [-0.3, -0.25) is 4.79 Å². The average molecular weight is 685 g/mol. The molecule has 0 N–H and O–H groups in total. The van der Waals surface area contributed by atoms with Crippen molar-refractivity contribution in [1.29, 1.82) is 0 Å². The lowest BCUT2D eigenvalue weighted by Gasteiger charge is -2.58. The number of hydrogen-bond donors (Lipinski definition) is 0. The first kappa shape index (κ1) is 40.7. The molecule has 2 heteroatoms. The molecule has 0 spiro atoms. The molecule has 50 heavy (non-hydrogen) atoms. The molecule has 0 aromatic rings. The zero-order valence-corrected chi connectivity index (χ0v) is 33.5. The maximum Gasteiger partial charge on any atom is 0.306 e. The van der Waals surface area contributed by atoms with E-state index in [4.69, 9.17) is 4.74 Å². The van der Waals surface area contributed by atoms with E-state index in [0.29, 0.717) is 17.3 Å². The zero-order chi connectivity index (χ0) is 36.0. The van der Waals surface area contributed by atoms with Gasteiger partial charge in [-0.1, -0.05) is 134 Å². The molecule has 0 saturated heterocycles. The van der Waals surface area contributed by atoms with Crippen LogP contribution in [0.25, 0.3) is 0 Å². The summed E-state index contributed by atoms with van der Waals surface area (Å²) in [6.07, 6.45) is 45.4. The maximum atomic E-state index is 12.8. The van der Waals surface area contributed by atoms with Crippen LogP contribution in [-0.4, -0.2) is 12.1 Å². The summed E-state index contributed by atoms with van der Waals surface area (Å²) in [5.41, 5.74) is 2.46. The Morgan fingerprint density at radius 2 is 1.44 bits per heavy atom. The van der Waals surface area contributed by atoms with Gasteiger partial charge in [0.2, 0.25) is 0 Å². The Balaban J connectivity index is 1.14. The predicted octanol–water partition coefficient (Wildman–Crippen LogP) is 14.1. The van der Waals surface area contributed by atoms with Crippen LogP contribution in [0.1, 0.15) is 164 Å². The number of carbonyl (C=O) groups excluding carboxylic acids is 1. The molecule has 2 nitrogen and oxygen atoms in total. The maximum absolute atomic E-state index is 12.8. The number of rotatable bonds is 19. The lowest BCUT2D eigenvalue weighted by molar-refractivity contribution is -0.151. The normalized spacial score (nSPS) is 32.6. The van der Waals surface area contributed by atoms with E-state index in [9.17, 15) is 4.79 Å². The van der Waals surface area contributed by atoms with Gasteiger partial charge >= 0.3 is 5.97 Å². The monoisotopic (exact) mass is 685 g/mol. The Labute approximate surface area is 309 Å². The lowest BCUT2D eigenvalue weighted by Crippen LogP contribution is -2.51. The molecule has 4 aliphatic rings. The summed E-state index contributed by atoms with van der Waals surface area (Å²) in [6, 6.07) is 0. The van der Waals surface area contributed by atoms with Gasteiger partial charge in [-0.2, -0.15) is 0 Å². The fraction of sp³-hybridized carbons (Fsp3) is 0.729. The first-order valence-electron chi connectivity index (χ1n) is 21.2. The Bertz CT molecular complexity index is 1210. The average Bonchev–Trinajstić information content (AvgIpc) is 3.45. The molecule has 0 radical (unpaired) electrons. The molecular weight excluding hydrogens is 609 g/mol. The smallest absolute Gasteiger partial charge is 0.306 e. The molecule has 9 unspecified atom stereocenters. The van der Waals surface area contributed by atoms with Gasteiger partial charge in [0, 0.05) is 12.8 Å². The first-order chi connectivity index (χ1) is 24.1. The third-order valence-corrected chi connectivity index (χ3v) is 14.2. The molecule has 3 saturated carbocycles. The van der Waals surface area contributed by atoms with Crippen LogP contribution in [0.2, 0.25) is 0 Å². The summed E-state index contributed by atoms with van der Waals surface area (Å²) in [7, 11) is 0. The number of ether oxygens (including phenoxy) is 1. The SMILES string of the molecule is CC/C=C\C/C=C\C/C=C\C/C=C\C/C=C\CCCC(=O)OC1CCC2(C)C(=CCC3C2CCC2(C)C(C(C)CCC(C)C(C)C)CCC32)C1. The van der Waals surface area contributed by atoms with Gasteiger partial charge in [-0.15, -0.1) is 0 Å². The third kappa shape index (κ3) is 11.0. The Kier molecular flexibility index (Phi) is 16.5. The van der Waals surface area contributed by atoms with E-state index < -0.39 is 0 Å². The van der Waals surface area contributed by atoms with Gasteiger partial charge in [-0.25, -0.2) is 0 Å². The minimum atomic E-state index is 0.00239. The standard InChI is InChI=1S/C48H76O2/c1-8-9-10-11-12-13-14-15-16-17-18-19-20-21-22-23-24-25-46(49)50-41-32-34-47(6)40(36-41)28-29-42-44-31-30-43(48(44,7)35-33-45(42)47)39(5)27-26-38(4)37(2)3/h9-10,12-13,15-16,18-19,21-22,28,37-39,41-45H,8,11,14,17,20,23-27,29-36H2,1-7H3/b10-9-,13-12-,16-15-,19-18-,22-21-. The second kappa shape index (κ2) is 20.2. The molecule has 0 amide bonds. The van der Waals surface area contributed by atoms with Crippen molar-refractivity contribution in [1.82, 2.24) is 0 Å². The molecule has 9 atom stereocenters. The summed E-state index contributed by atoms with van der Waals surface area (Å²) in [6.45, 7) is 17.3. The van der Waals surface area contributed by atoms with Crippen molar-refractivity contribution in [2.45, 2.75) is 170 Å². The van der Waals surface area contributed by atoms with Crippen LogP contribution < -0.4 is 0 Å². The zero-order valence-electron chi connectivity index (χ0n) is 33.5. The number of esters is 1. The van der Waals surface area contributed by atoms with Gasteiger partial charge in [0.05, 0.1) is 0 Å². The Morgan fingerprint density at radius 1 is 0.800 bits per heavy atom. The summed E-state index contributed by atoms with van der Waals surface area (Å²) in [4.78, 5) is 12.8. The highest BCUT2D eigenvalue weighted by Crippen LogP contribution is 2.67. The van der Waals surface area contributed by atoms with Crippen molar-refractivity contribution in [3.63, 3.8) is 0 Å². The third-order valence-electron chi connectivity index (χ3n) is 14.2. The molecule has 0 aliphatic heterocycles. The van der Waals surface area contributed by atoms with Crippen molar-refractivity contribution < 1.29 is 9.53 Å². The molecule has 4 rings (SSSR count). The van der Waals surface area contributed by atoms with Gasteiger partial charge in [0.1, 0.15) is 6.10 Å². The first-order valence-corrected chi connectivity index (χ1v) is 21.2.